The number of carbonyl (C=O) groups excluding carboxylic acids is 4. The van der Waals surface area contributed by atoms with Crippen molar-refractivity contribution in [2.24, 2.45) is 5.92 Å². The van der Waals surface area contributed by atoms with Crippen LogP contribution >= 0.6 is 0 Å². The minimum Gasteiger partial charge on any atom is -0.466 e. The summed E-state index contributed by atoms with van der Waals surface area (Å²) in [5.74, 6) is -3.78. The Bertz CT molecular complexity index is 598. The van der Waals surface area contributed by atoms with Crippen LogP contribution in [-0.2, 0) is 28.7 Å². The summed E-state index contributed by atoms with van der Waals surface area (Å²) in [6.45, 7) is 2.37. The van der Waals surface area contributed by atoms with Gasteiger partial charge in [-0.2, -0.15) is 0 Å². The summed E-state index contributed by atoms with van der Waals surface area (Å²) in [6, 6.07) is 8.70. The number of para-hydroxylation sites is 1. The van der Waals surface area contributed by atoms with Gasteiger partial charge in [0.1, 0.15) is 5.92 Å². The van der Waals surface area contributed by atoms with E-state index in [4.69, 9.17) is 4.74 Å². The SMILES string of the molecule is CCOC(=O)CC(C(=O)COC(C)=O)C(=O)N(C)c1ccccc1. The quantitative estimate of drug-likeness (QED) is 0.526. The van der Waals surface area contributed by atoms with Crippen LogP contribution < -0.4 is 4.90 Å². The number of ketones is 1. The molecule has 0 heterocycles. The van der Waals surface area contributed by atoms with Crippen molar-refractivity contribution in [3.05, 3.63) is 30.3 Å². The van der Waals surface area contributed by atoms with Gasteiger partial charge in [0.05, 0.1) is 13.0 Å². The number of amides is 1. The lowest BCUT2D eigenvalue weighted by Gasteiger charge is -2.22. The zero-order valence-corrected chi connectivity index (χ0v) is 14.0. The van der Waals surface area contributed by atoms with Gasteiger partial charge in [-0.05, 0) is 19.1 Å². The third-order valence-electron chi connectivity index (χ3n) is 3.25. The number of anilines is 1. The van der Waals surface area contributed by atoms with E-state index in [1.807, 2.05) is 0 Å². The fourth-order valence-corrected chi connectivity index (χ4v) is 2.01. The molecule has 24 heavy (non-hydrogen) atoms. The molecular weight excluding hydrogens is 314 g/mol. The van der Waals surface area contributed by atoms with E-state index in [0.717, 1.165) is 6.92 Å². The number of benzene rings is 1. The number of hydrogen-bond donors (Lipinski definition) is 0. The summed E-state index contributed by atoms with van der Waals surface area (Å²) in [6.07, 6.45) is -0.399. The van der Waals surface area contributed by atoms with Crippen LogP contribution in [0.5, 0.6) is 0 Å². The Morgan fingerprint density at radius 1 is 1.08 bits per heavy atom. The molecule has 0 N–H and O–H groups in total. The molecule has 0 fully saturated rings. The van der Waals surface area contributed by atoms with Crippen LogP contribution in [0.1, 0.15) is 20.3 Å². The largest absolute Gasteiger partial charge is 0.466 e. The Labute approximate surface area is 140 Å². The van der Waals surface area contributed by atoms with E-state index in [0.29, 0.717) is 5.69 Å². The normalized spacial score (nSPS) is 11.3. The summed E-state index contributed by atoms with van der Waals surface area (Å²) in [5, 5.41) is 0. The summed E-state index contributed by atoms with van der Waals surface area (Å²) >= 11 is 0. The molecule has 0 aliphatic carbocycles. The van der Waals surface area contributed by atoms with Crippen LogP contribution in [0.2, 0.25) is 0 Å². The Balaban J connectivity index is 2.93. The number of carbonyl (C=O) groups is 4. The van der Waals surface area contributed by atoms with Gasteiger partial charge < -0.3 is 14.4 Å². The van der Waals surface area contributed by atoms with E-state index in [1.165, 1.54) is 11.9 Å². The molecule has 0 aliphatic heterocycles. The lowest BCUT2D eigenvalue weighted by atomic mass is 9.98. The highest BCUT2D eigenvalue weighted by molar-refractivity contribution is 6.10. The lowest BCUT2D eigenvalue weighted by Crippen LogP contribution is -2.40. The molecule has 1 rings (SSSR count). The third-order valence-corrected chi connectivity index (χ3v) is 3.25. The molecule has 0 aliphatic rings. The molecular formula is C17H21NO6. The second-order valence-electron chi connectivity index (χ2n) is 5.04. The first-order valence-electron chi connectivity index (χ1n) is 7.51. The van der Waals surface area contributed by atoms with E-state index in [1.54, 1.807) is 37.3 Å². The maximum atomic E-state index is 12.6. The fraction of sp³-hybridized carbons (Fsp3) is 0.412. The molecule has 1 atom stereocenters. The van der Waals surface area contributed by atoms with Gasteiger partial charge in [0, 0.05) is 19.7 Å². The maximum absolute atomic E-state index is 12.6. The van der Waals surface area contributed by atoms with E-state index >= 15 is 0 Å². The van der Waals surface area contributed by atoms with Gasteiger partial charge in [0.25, 0.3) is 0 Å². The highest BCUT2D eigenvalue weighted by atomic mass is 16.5. The smallest absolute Gasteiger partial charge is 0.307 e. The molecule has 0 saturated carbocycles. The molecule has 0 bridgehead atoms. The molecule has 0 spiro atoms. The second kappa shape index (κ2) is 9.44. The standard InChI is InChI=1S/C17H21NO6/c1-4-23-16(21)10-14(15(20)11-24-12(2)19)17(22)18(3)13-8-6-5-7-9-13/h5-9,14H,4,10-11H2,1-3H3. The van der Waals surface area contributed by atoms with Crippen LogP contribution in [0, 0.1) is 5.92 Å². The number of hydrogen-bond acceptors (Lipinski definition) is 6. The summed E-state index contributed by atoms with van der Waals surface area (Å²) in [7, 11) is 1.51. The summed E-state index contributed by atoms with van der Waals surface area (Å²) in [4.78, 5) is 48.7. The molecule has 130 valence electrons. The number of esters is 2. The van der Waals surface area contributed by atoms with E-state index in [-0.39, 0.29) is 6.61 Å². The predicted octanol–water partition coefficient (Wildman–Crippen LogP) is 1.35. The summed E-state index contributed by atoms with van der Waals surface area (Å²) in [5.41, 5.74) is 0.580. The Morgan fingerprint density at radius 3 is 2.25 bits per heavy atom. The predicted molar refractivity (Wildman–Crippen MR) is 86.2 cm³/mol. The average molecular weight is 335 g/mol. The van der Waals surface area contributed by atoms with Gasteiger partial charge in [-0.3, -0.25) is 19.2 Å². The summed E-state index contributed by atoms with van der Waals surface area (Å²) < 4.78 is 9.46. The molecule has 1 aromatic carbocycles. The molecule has 0 saturated heterocycles. The molecule has 7 nitrogen and oxygen atoms in total. The third kappa shape index (κ3) is 5.83. The van der Waals surface area contributed by atoms with Crippen LogP contribution in [0.25, 0.3) is 0 Å². The molecule has 1 aromatic rings. The molecule has 0 radical (unpaired) electrons. The lowest BCUT2D eigenvalue weighted by molar-refractivity contribution is -0.152. The van der Waals surface area contributed by atoms with Gasteiger partial charge in [-0.25, -0.2) is 0 Å². The van der Waals surface area contributed by atoms with Crippen molar-refractivity contribution in [1.29, 1.82) is 0 Å². The Hall–Kier alpha value is -2.70. The van der Waals surface area contributed by atoms with Gasteiger partial charge >= 0.3 is 11.9 Å². The Kier molecular flexibility index (Phi) is 7.61. The van der Waals surface area contributed by atoms with Crippen molar-refractivity contribution in [1.82, 2.24) is 0 Å². The fourth-order valence-electron chi connectivity index (χ4n) is 2.01. The zero-order chi connectivity index (χ0) is 18.1. The van der Waals surface area contributed by atoms with Crippen molar-refractivity contribution in [2.45, 2.75) is 20.3 Å². The number of ether oxygens (including phenoxy) is 2. The van der Waals surface area contributed by atoms with Crippen molar-refractivity contribution >= 4 is 29.3 Å². The second-order valence-corrected chi connectivity index (χ2v) is 5.04. The van der Waals surface area contributed by atoms with Crippen LogP contribution in [-0.4, -0.2) is 43.9 Å². The minimum absolute atomic E-state index is 0.145. The first kappa shape index (κ1) is 19.3. The van der Waals surface area contributed by atoms with Crippen molar-refractivity contribution in [3.8, 4) is 0 Å². The topological polar surface area (TPSA) is 90.0 Å². The van der Waals surface area contributed by atoms with E-state index in [9.17, 15) is 19.2 Å². The highest BCUT2D eigenvalue weighted by Gasteiger charge is 2.33. The van der Waals surface area contributed by atoms with Gasteiger partial charge in [0.15, 0.2) is 12.4 Å². The van der Waals surface area contributed by atoms with Crippen molar-refractivity contribution < 1.29 is 28.7 Å². The number of rotatable bonds is 8. The van der Waals surface area contributed by atoms with Crippen molar-refractivity contribution in [3.63, 3.8) is 0 Å². The van der Waals surface area contributed by atoms with E-state index in [2.05, 4.69) is 4.74 Å². The molecule has 1 amide bonds. The Morgan fingerprint density at radius 2 is 1.71 bits per heavy atom. The van der Waals surface area contributed by atoms with Crippen molar-refractivity contribution in [2.75, 3.05) is 25.2 Å². The van der Waals surface area contributed by atoms with Gasteiger partial charge in [-0.15, -0.1) is 0 Å². The number of Topliss-reactive ketones (excluding diaryl/α,β-unsaturated/α-hetero) is 1. The first-order valence-corrected chi connectivity index (χ1v) is 7.51. The van der Waals surface area contributed by atoms with Gasteiger partial charge in [0.2, 0.25) is 5.91 Å². The first-order chi connectivity index (χ1) is 11.4. The van der Waals surface area contributed by atoms with E-state index < -0.39 is 42.6 Å². The van der Waals surface area contributed by atoms with Gasteiger partial charge in [-0.1, -0.05) is 18.2 Å². The number of nitrogens with zero attached hydrogens (tertiary/aromatic N) is 1. The molecule has 7 heteroatoms. The molecule has 1 unspecified atom stereocenters. The average Bonchev–Trinajstić information content (AvgIpc) is 2.57. The molecule has 0 aromatic heterocycles. The highest BCUT2D eigenvalue weighted by Crippen LogP contribution is 2.17. The van der Waals surface area contributed by atoms with Crippen LogP contribution in [0.4, 0.5) is 5.69 Å². The van der Waals surface area contributed by atoms with Crippen LogP contribution in [0.15, 0.2) is 30.3 Å². The van der Waals surface area contributed by atoms with Crippen LogP contribution in [0.3, 0.4) is 0 Å². The monoisotopic (exact) mass is 335 g/mol. The zero-order valence-electron chi connectivity index (χ0n) is 14.0. The maximum Gasteiger partial charge on any atom is 0.307 e. The minimum atomic E-state index is -1.27.